The molecular weight excluding hydrogens is 356 g/mol. The van der Waals surface area contributed by atoms with Crippen molar-refractivity contribution in [1.82, 2.24) is 0 Å². The number of Topliss-reactive ketones (excluding diaryl/α,β-unsaturated/α-hetero) is 1. The predicted octanol–water partition coefficient (Wildman–Crippen LogP) is 3.93. The van der Waals surface area contributed by atoms with E-state index < -0.39 is 5.92 Å². The normalized spacial score (nSPS) is 21.0. The molecule has 3 rings (SSSR count). The fourth-order valence-electron chi connectivity index (χ4n) is 3.87. The zero-order valence-corrected chi connectivity index (χ0v) is 16.8. The molecule has 0 fully saturated rings. The van der Waals surface area contributed by atoms with Gasteiger partial charge in [-0.1, -0.05) is 19.9 Å². The van der Waals surface area contributed by atoms with Gasteiger partial charge in [-0.2, -0.15) is 5.26 Å². The fourth-order valence-corrected chi connectivity index (χ4v) is 3.87. The summed E-state index contributed by atoms with van der Waals surface area (Å²) in [5.74, 6) is 1.25. The van der Waals surface area contributed by atoms with Crippen LogP contribution in [0.4, 0.5) is 0 Å². The average molecular weight is 382 g/mol. The zero-order chi connectivity index (χ0) is 20.5. The second kappa shape index (κ2) is 7.59. The molecule has 1 aromatic carbocycles. The van der Waals surface area contributed by atoms with Crippen molar-refractivity contribution in [2.45, 2.75) is 46.5 Å². The number of nitrogens with two attached hydrogens (primary N) is 1. The number of nitrogens with zero attached hydrogens (tertiary/aromatic N) is 1. The summed E-state index contributed by atoms with van der Waals surface area (Å²) in [5.41, 5.74) is 7.39. The Kier molecular flexibility index (Phi) is 5.37. The quantitative estimate of drug-likeness (QED) is 0.829. The van der Waals surface area contributed by atoms with E-state index in [1.54, 1.807) is 0 Å². The van der Waals surface area contributed by atoms with Crippen LogP contribution in [0.1, 0.15) is 52.0 Å². The Morgan fingerprint density at radius 1 is 1.21 bits per heavy atom. The standard InChI is InChI=1S/C22H26N2O4/c1-5-26-16-8-7-13(9-17(16)27-6-2)19-14(12-23)21(24)28-18-11-22(3,4)10-15(25)20(18)19/h7-9,19H,5-6,10-11,24H2,1-4H3. The number of allylic oxidation sites excluding steroid dienone is 3. The molecule has 1 heterocycles. The van der Waals surface area contributed by atoms with Crippen molar-refractivity contribution in [2.24, 2.45) is 11.1 Å². The first-order chi connectivity index (χ1) is 13.3. The molecule has 0 saturated carbocycles. The third-order valence-electron chi connectivity index (χ3n) is 4.98. The number of ketones is 1. The Labute approximate surface area is 165 Å². The molecular formula is C22H26N2O4. The molecule has 1 aromatic rings. The van der Waals surface area contributed by atoms with E-state index in [2.05, 4.69) is 6.07 Å². The lowest BCUT2D eigenvalue weighted by molar-refractivity contribution is -0.119. The van der Waals surface area contributed by atoms with E-state index in [9.17, 15) is 10.1 Å². The Morgan fingerprint density at radius 2 is 1.89 bits per heavy atom. The summed E-state index contributed by atoms with van der Waals surface area (Å²) >= 11 is 0. The molecule has 0 spiro atoms. The second-order valence-corrected chi connectivity index (χ2v) is 7.77. The molecule has 148 valence electrons. The summed E-state index contributed by atoms with van der Waals surface area (Å²) in [6.45, 7) is 8.83. The summed E-state index contributed by atoms with van der Waals surface area (Å²) in [5, 5.41) is 9.73. The molecule has 1 aliphatic heterocycles. The maximum Gasteiger partial charge on any atom is 0.205 e. The lowest BCUT2D eigenvalue weighted by atomic mass is 9.70. The van der Waals surface area contributed by atoms with Gasteiger partial charge in [0.25, 0.3) is 0 Å². The van der Waals surface area contributed by atoms with Gasteiger partial charge in [-0.15, -0.1) is 0 Å². The van der Waals surface area contributed by atoms with E-state index in [1.165, 1.54) is 0 Å². The molecule has 1 aliphatic carbocycles. The molecule has 28 heavy (non-hydrogen) atoms. The number of carbonyl (C=O) groups is 1. The van der Waals surface area contributed by atoms with Gasteiger partial charge in [0, 0.05) is 18.4 Å². The first-order valence-electron chi connectivity index (χ1n) is 9.54. The molecule has 0 bridgehead atoms. The van der Waals surface area contributed by atoms with Crippen LogP contribution in [0.25, 0.3) is 0 Å². The predicted molar refractivity (Wildman–Crippen MR) is 104 cm³/mol. The van der Waals surface area contributed by atoms with E-state index in [1.807, 2.05) is 45.9 Å². The lowest BCUT2D eigenvalue weighted by Crippen LogP contribution is -2.33. The van der Waals surface area contributed by atoms with E-state index in [0.29, 0.717) is 48.9 Å². The highest BCUT2D eigenvalue weighted by Gasteiger charge is 2.43. The van der Waals surface area contributed by atoms with Crippen LogP contribution >= 0.6 is 0 Å². The molecule has 0 saturated heterocycles. The number of hydrogen-bond acceptors (Lipinski definition) is 6. The average Bonchev–Trinajstić information content (AvgIpc) is 2.61. The molecule has 1 atom stereocenters. The molecule has 1 unspecified atom stereocenters. The smallest absolute Gasteiger partial charge is 0.205 e. The topological polar surface area (TPSA) is 94.6 Å². The third-order valence-corrected chi connectivity index (χ3v) is 4.98. The van der Waals surface area contributed by atoms with E-state index in [0.717, 1.165) is 5.56 Å². The molecule has 2 N–H and O–H groups in total. The number of carbonyl (C=O) groups excluding carboxylic acids is 1. The van der Waals surface area contributed by atoms with Crippen molar-refractivity contribution in [1.29, 1.82) is 5.26 Å². The molecule has 0 aromatic heterocycles. The maximum atomic E-state index is 13.0. The van der Waals surface area contributed by atoms with E-state index in [4.69, 9.17) is 19.9 Å². The number of benzene rings is 1. The monoisotopic (exact) mass is 382 g/mol. The SMILES string of the molecule is CCOc1ccc(C2C(C#N)=C(N)OC3=C2C(=O)CC(C)(C)C3)cc1OCC. The van der Waals surface area contributed by atoms with Crippen LogP contribution in [0.5, 0.6) is 11.5 Å². The zero-order valence-electron chi connectivity index (χ0n) is 16.8. The lowest BCUT2D eigenvalue weighted by Gasteiger charge is -2.37. The van der Waals surface area contributed by atoms with Gasteiger partial charge >= 0.3 is 0 Å². The first-order valence-corrected chi connectivity index (χ1v) is 9.54. The Hall–Kier alpha value is -2.94. The number of ether oxygens (including phenoxy) is 3. The van der Waals surface area contributed by atoms with Crippen LogP contribution in [0.2, 0.25) is 0 Å². The summed E-state index contributed by atoms with van der Waals surface area (Å²) < 4.78 is 17.1. The first kappa shape index (κ1) is 19.8. The minimum atomic E-state index is -0.563. The second-order valence-electron chi connectivity index (χ2n) is 7.77. The van der Waals surface area contributed by atoms with E-state index >= 15 is 0 Å². The summed E-state index contributed by atoms with van der Waals surface area (Å²) in [6, 6.07) is 7.63. The molecule has 0 amide bonds. The minimum Gasteiger partial charge on any atom is -0.490 e. The number of rotatable bonds is 5. The van der Waals surface area contributed by atoms with Crippen LogP contribution < -0.4 is 15.2 Å². The van der Waals surface area contributed by atoms with Gasteiger partial charge < -0.3 is 19.9 Å². The van der Waals surface area contributed by atoms with Gasteiger partial charge in [0.15, 0.2) is 17.3 Å². The van der Waals surface area contributed by atoms with Crippen molar-refractivity contribution < 1.29 is 19.0 Å². The van der Waals surface area contributed by atoms with Crippen molar-refractivity contribution in [3.63, 3.8) is 0 Å². The highest BCUT2D eigenvalue weighted by Crippen LogP contribution is 2.48. The highest BCUT2D eigenvalue weighted by atomic mass is 16.5. The number of nitriles is 1. The molecule has 2 aliphatic rings. The van der Waals surface area contributed by atoms with Gasteiger partial charge in [0.05, 0.1) is 19.1 Å². The van der Waals surface area contributed by atoms with Crippen LogP contribution in [-0.4, -0.2) is 19.0 Å². The van der Waals surface area contributed by atoms with E-state index in [-0.39, 0.29) is 22.7 Å². The van der Waals surface area contributed by atoms with Gasteiger partial charge in [-0.25, -0.2) is 0 Å². The Balaban J connectivity index is 2.15. The summed E-state index contributed by atoms with van der Waals surface area (Å²) in [4.78, 5) is 13.0. The third kappa shape index (κ3) is 3.57. The van der Waals surface area contributed by atoms with Gasteiger partial charge in [0.2, 0.25) is 5.88 Å². The maximum absolute atomic E-state index is 13.0. The van der Waals surface area contributed by atoms with Crippen molar-refractivity contribution in [3.8, 4) is 17.6 Å². The van der Waals surface area contributed by atoms with Crippen LogP contribution in [0, 0.1) is 16.7 Å². The molecule has 0 radical (unpaired) electrons. The summed E-state index contributed by atoms with van der Waals surface area (Å²) in [7, 11) is 0. The van der Waals surface area contributed by atoms with Crippen LogP contribution in [0.15, 0.2) is 41.0 Å². The van der Waals surface area contributed by atoms with Gasteiger partial charge in [-0.05, 0) is 37.0 Å². The minimum absolute atomic E-state index is 0.0108. The largest absolute Gasteiger partial charge is 0.490 e. The van der Waals surface area contributed by atoms with Gasteiger partial charge in [-0.3, -0.25) is 4.79 Å². The Morgan fingerprint density at radius 3 is 2.54 bits per heavy atom. The Bertz CT molecular complexity index is 906. The van der Waals surface area contributed by atoms with Crippen LogP contribution in [-0.2, 0) is 9.53 Å². The van der Waals surface area contributed by atoms with Gasteiger partial charge in [0.1, 0.15) is 17.4 Å². The molecule has 6 heteroatoms. The summed E-state index contributed by atoms with van der Waals surface area (Å²) in [6.07, 6.45) is 0.999. The highest BCUT2D eigenvalue weighted by molar-refractivity contribution is 6.00. The van der Waals surface area contributed by atoms with Crippen LogP contribution in [0.3, 0.4) is 0 Å². The van der Waals surface area contributed by atoms with Crippen molar-refractivity contribution in [3.05, 3.63) is 46.6 Å². The van der Waals surface area contributed by atoms with Crippen molar-refractivity contribution in [2.75, 3.05) is 13.2 Å². The molecule has 6 nitrogen and oxygen atoms in total. The fraction of sp³-hybridized carbons (Fsp3) is 0.455. The number of hydrogen-bond donors (Lipinski definition) is 1. The van der Waals surface area contributed by atoms with Crippen molar-refractivity contribution >= 4 is 5.78 Å².